The van der Waals surface area contributed by atoms with E-state index in [0.717, 1.165) is 10.6 Å². The van der Waals surface area contributed by atoms with Gasteiger partial charge in [0, 0.05) is 16.7 Å². The minimum absolute atomic E-state index is 0.0122. The van der Waals surface area contributed by atoms with Crippen molar-refractivity contribution in [3.8, 4) is 5.75 Å². The van der Waals surface area contributed by atoms with Crippen molar-refractivity contribution in [3.63, 3.8) is 0 Å². The predicted octanol–water partition coefficient (Wildman–Crippen LogP) is 2.82. The van der Waals surface area contributed by atoms with Gasteiger partial charge in [-0.25, -0.2) is 12.8 Å². The van der Waals surface area contributed by atoms with E-state index in [1.807, 2.05) is 22.6 Å². The summed E-state index contributed by atoms with van der Waals surface area (Å²) in [6, 6.07) is 5.54. The Hall–Kier alpha value is -1.53. The molecule has 2 aromatic rings. The SMILES string of the molecule is COc1cc(=O)n(C)c(Nc2ccc(I)cc2F)c1NS(=O)(=O)CCl. The Morgan fingerprint density at radius 3 is 2.60 bits per heavy atom. The molecule has 0 radical (unpaired) electrons. The Kier molecular flexibility index (Phi) is 6.16. The second kappa shape index (κ2) is 7.79. The van der Waals surface area contributed by atoms with Gasteiger partial charge in [0.05, 0.1) is 12.8 Å². The molecule has 0 aliphatic carbocycles. The molecule has 0 amide bonds. The van der Waals surface area contributed by atoms with Gasteiger partial charge < -0.3 is 10.1 Å². The zero-order valence-electron chi connectivity index (χ0n) is 13.1. The van der Waals surface area contributed by atoms with Crippen LogP contribution in [0.2, 0.25) is 0 Å². The number of nitrogens with one attached hydrogen (secondary N) is 2. The fourth-order valence-corrected chi connectivity index (χ4v) is 3.16. The summed E-state index contributed by atoms with van der Waals surface area (Å²) in [5.41, 5.74) is -0.461. The van der Waals surface area contributed by atoms with E-state index in [2.05, 4.69) is 10.0 Å². The molecule has 2 N–H and O–H groups in total. The number of alkyl halides is 1. The topological polar surface area (TPSA) is 89.4 Å². The second-order valence-corrected chi connectivity index (χ2v) is 8.46. The average Bonchev–Trinajstić information content (AvgIpc) is 2.55. The van der Waals surface area contributed by atoms with Crippen LogP contribution in [0.3, 0.4) is 0 Å². The number of sulfonamides is 1. The number of halogens is 3. The van der Waals surface area contributed by atoms with Crippen LogP contribution < -0.4 is 20.3 Å². The lowest BCUT2D eigenvalue weighted by Crippen LogP contribution is -2.23. The first-order chi connectivity index (χ1) is 11.7. The van der Waals surface area contributed by atoms with Crippen molar-refractivity contribution in [1.82, 2.24) is 4.57 Å². The maximum atomic E-state index is 14.1. The average molecular weight is 502 g/mol. The lowest BCUT2D eigenvalue weighted by molar-refractivity contribution is 0.415. The molecule has 0 fully saturated rings. The van der Waals surface area contributed by atoms with Crippen molar-refractivity contribution in [2.75, 3.05) is 22.4 Å². The van der Waals surface area contributed by atoms with Crippen LogP contribution in [0, 0.1) is 9.39 Å². The number of methoxy groups -OCH3 is 1. The smallest absolute Gasteiger partial charge is 0.255 e. The second-order valence-electron chi connectivity index (χ2n) is 4.91. The molecule has 0 unspecified atom stereocenters. The van der Waals surface area contributed by atoms with Gasteiger partial charge in [0.25, 0.3) is 5.56 Å². The van der Waals surface area contributed by atoms with E-state index in [-0.39, 0.29) is 22.9 Å². The number of rotatable bonds is 6. The maximum absolute atomic E-state index is 14.1. The maximum Gasteiger partial charge on any atom is 0.255 e. The first-order valence-corrected chi connectivity index (χ1v) is 10.0. The summed E-state index contributed by atoms with van der Waals surface area (Å²) in [4.78, 5) is 12.1. The van der Waals surface area contributed by atoms with E-state index in [9.17, 15) is 17.6 Å². The molecule has 0 spiro atoms. The molecule has 7 nitrogen and oxygen atoms in total. The number of benzene rings is 1. The van der Waals surface area contributed by atoms with Gasteiger partial charge in [0.15, 0.2) is 5.75 Å². The highest BCUT2D eigenvalue weighted by atomic mass is 127. The Labute approximate surface area is 162 Å². The first kappa shape index (κ1) is 19.8. The molecule has 0 atom stereocenters. The van der Waals surface area contributed by atoms with Gasteiger partial charge in [-0.1, -0.05) is 0 Å². The standard InChI is InChI=1S/C14H14ClFIN3O4S/c1-20-12(21)6-11(24-2)13(19-25(22,23)7-15)14(20)18-10-4-3-8(17)5-9(10)16/h3-6,18-19H,7H2,1-2H3. The molecule has 0 aliphatic heterocycles. The van der Waals surface area contributed by atoms with Gasteiger partial charge >= 0.3 is 0 Å². The van der Waals surface area contributed by atoms with E-state index in [0.29, 0.717) is 3.57 Å². The summed E-state index contributed by atoms with van der Waals surface area (Å²) >= 11 is 7.38. The summed E-state index contributed by atoms with van der Waals surface area (Å²) in [5.74, 6) is -0.573. The molecule has 1 heterocycles. The largest absolute Gasteiger partial charge is 0.494 e. The third-order valence-corrected chi connectivity index (χ3v) is 5.54. The van der Waals surface area contributed by atoms with E-state index in [1.54, 1.807) is 6.07 Å². The summed E-state index contributed by atoms with van der Waals surface area (Å²) in [5, 5.41) is 2.04. The lowest BCUT2D eigenvalue weighted by Gasteiger charge is -2.19. The lowest BCUT2D eigenvalue weighted by atomic mass is 10.3. The highest BCUT2D eigenvalue weighted by molar-refractivity contribution is 14.1. The van der Waals surface area contributed by atoms with Crippen LogP contribution in [0.1, 0.15) is 0 Å². The quantitative estimate of drug-likeness (QED) is 0.469. The van der Waals surface area contributed by atoms with Crippen LogP contribution >= 0.6 is 34.2 Å². The third kappa shape index (κ3) is 4.55. The highest BCUT2D eigenvalue weighted by Gasteiger charge is 2.20. The van der Waals surface area contributed by atoms with Crippen LogP contribution in [0.5, 0.6) is 5.75 Å². The van der Waals surface area contributed by atoms with Crippen LogP contribution in [0.25, 0.3) is 0 Å². The van der Waals surface area contributed by atoms with Gasteiger partial charge in [-0.05, 0) is 40.8 Å². The van der Waals surface area contributed by atoms with Gasteiger partial charge in [-0.3, -0.25) is 14.1 Å². The summed E-state index contributed by atoms with van der Waals surface area (Å²) < 4.78 is 47.0. The molecule has 0 saturated heterocycles. The minimum Gasteiger partial charge on any atom is -0.494 e. The molecule has 136 valence electrons. The number of ether oxygens (including phenoxy) is 1. The zero-order chi connectivity index (χ0) is 18.8. The molecule has 11 heteroatoms. The van der Waals surface area contributed by atoms with Crippen molar-refractivity contribution < 1.29 is 17.5 Å². The Morgan fingerprint density at radius 2 is 2.04 bits per heavy atom. The molecular formula is C14H14ClFIN3O4S. The Balaban J connectivity index is 2.65. The molecule has 2 rings (SSSR count). The fourth-order valence-electron chi connectivity index (χ4n) is 1.98. The van der Waals surface area contributed by atoms with Gasteiger partial charge in [-0.2, -0.15) is 0 Å². The van der Waals surface area contributed by atoms with Crippen LogP contribution in [-0.2, 0) is 17.1 Å². The zero-order valence-corrected chi connectivity index (χ0v) is 16.9. The number of hydrogen-bond acceptors (Lipinski definition) is 5. The van der Waals surface area contributed by atoms with Crippen LogP contribution in [-0.4, -0.2) is 25.3 Å². The van der Waals surface area contributed by atoms with Crippen molar-refractivity contribution in [1.29, 1.82) is 0 Å². The van der Waals surface area contributed by atoms with Gasteiger partial charge in [0.2, 0.25) is 10.0 Å². The molecule has 0 bridgehead atoms. The molecule has 1 aromatic carbocycles. The minimum atomic E-state index is -3.88. The van der Waals surface area contributed by atoms with Crippen LogP contribution in [0.4, 0.5) is 21.6 Å². The summed E-state index contributed by atoms with van der Waals surface area (Å²) in [6.07, 6.45) is 0. The number of pyridine rings is 1. The number of hydrogen-bond donors (Lipinski definition) is 2. The van der Waals surface area contributed by atoms with E-state index >= 15 is 0 Å². The van der Waals surface area contributed by atoms with Crippen molar-refractivity contribution >= 4 is 61.4 Å². The molecule has 1 aromatic heterocycles. The Bertz CT molecular complexity index is 965. The number of anilines is 3. The van der Waals surface area contributed by atoms with E-state index < -0.39 is 26.6 Å². The van der Waals surface area contributed by atoms with Crippen molar-refractivity contribution in [2.24, 2.45) is 7.05 Å². The normalized spacial score (nSPS) is 11.2. The van der Waals surface area contributed by atoms with Crippen LogP contribution in [0.15, 0.2) is 29.1 Å². The summed E-state index contributed by atoms with van der Waals surface area (Å²) in [7, 11) is -1.19. The molecule has 25 heavy (non-hydrogen) atoms. The molecule has 0 saturated carbocycles. The fraction of sp³-hybridized carbons (Fsp3) is 0.214. The van der Waals surface area contributed by atoms with E-state index in [1.165, 1.54) is 26.3 Å². The van der Waals surface area contributed by atoms with Gasteiger partial charge in [-0.15, -0.1) is 11.6 Å². The highest BCUT2D eigenvalue weighted by Crippen LogP contribution is 2.34. The Morgan fingerprint density at radius 1 is 1.36 bits per heavy atom. The van der Waals surface area contributed by atoms with E-state index in [4.69, 9.17) is 16.3 Å². The number of nitrogens with zero attached hydrogens (tertiary/aromatic N) is 1. The number of aromatic nitrogens is 1. The third-order valence-electron chi connectivity index (χ3n) is 3.21. The van der Waals surface area contributed by atoms with Crippen molar-refractivity contribution in [2.45, 2.75) is 0 Å². The first-order valence-electron chi connectivity index (χ1n) is 6.75. The van der Waals surface area contributed by atoms with Gasteiger partial charge in [0.1, 0.15) is 22.5 Å². The van der Waals surface area contributed by atoms with Crippen molar-refractivity contribution in [3.05, 3.63) is 44.0 Å². The predicted molar refractivity (Wildman–Crippen MR) is 104 cm³/mol. The summed E-state index contributed by atoms with van der Waals surface area (Å²) in [6.45, 7) is 0. The molecule has 0 aliphatic rings. The monoisotopic (exact) mass is 501 g/mol. The molecular weight excluding hydrogens is 488 g/mol.